The third-order valence-corrected chi connectivity index (χ3v) is 3.71. The van der Waals surface area contributed by atoms with E-state index >= 15 is 0 Å². The van der Waals surface area contributed by atoms with Gasteiger partial charge < -0.3 is 14.4 Å². The molecule has 1 heterocycles. The summed E-state index contributed by atoms with van der Waals surface area (Å²) in [5, 5.41) is 10.1. The Balaban J connectivity index is 2.09. The van der Waals surface area contributed by atoms with Gasteiger partial charge in [0.05, 0.1) is 6.61 Å². The van der Waals surface area contributed by atoms with Gasteiger partial charge in [-0.15, -0.1) is 0 Å². The molecule has 25 heavy (non-hydrogen) atoms. The van der Waals surface area contributed by atoms with Crippen LogP contribution in [0.3, 0.4) is 0 Å². The van der Waals surface area contributed by atoms with Crippen LogP contribution in [0.4, 0.5) is 0 Å². The number of benzene rings is 1. The van der Waals surface area contributed by atoms with Crippen molar-refractivity contribution in [1.82, 2.24) is 4.57 Å². The standard InChI is InChI=1S/C19H18ClNO4/c1-2-25-19(24)18(23)12-16(22)10-9-15-7-5-11-21(15)13-14-6-3-4-8-17(14)20/h3-12,23H,2,13H2,1H3/b10-9+,18-12-. The highest BCUT2D eigenvalue weighted by molar-refractivity contribution is 6.31. The molecule has 0 unspecified atom stereocenters. The topological polar surface area (TPSA) is 68.5 Å². The number of carbonyl (C=O) groups excluding carboxylic acids is 2. The lowest BCUT2D eigenvalue weighted by molar-refractivity contribution is -0.141. The molecule has 5 nitrogen and oxygen atoms in total. The first-order valence-electron chi connectivity index (χ1n) is 7.69. The number of aromatic nitrogens is 1. The molecule has 0 amide bonds. The summed E-state index contributed by atoms with van der Waals surface area (Å²) in [7, 11) is 0. The lowest BCUT2D eigenvalue weighted by Crippen LogP contribution is -2.08. The van der Waals surface area contributed by atoms with E-state index in [2.05, 4.69) is 4.74 Å². The van der Waals surface area contributed by atoms with E-state index in [1.54, 1.807) is 13.0 Å². The van der Waals surface area contributed by atoms with Gasteiger partial charge in [0.25, 0.3) is 0 Å². The number of ether oxygens (including phenoxy) is 1. The fraction of sp³-hybridized carbons (Fsp3) is 0.158. The van der Waals surface area contributed by atoms with Gasteiger partial charge in [0.1, 0.15) is 0 Å². The van der Waals surface area contributed by atoms with Gasteiger partial charge in [0, 0.05) is 29.5 Å². The minimum Gasteiger partial charge on any atom is -0.502 e. The Hall–Kier alpha value is -2.79. The number of nitrogens with zero attached hydrogens (tertiary/aromatic N) is 1. The van der Waals surface area contributed by atoms with Crippen molar-refractivity contribution in [2.45, 2.75) is 13.5 Å². The molecule has 0 saturated heterocycles. The molecule has 0 radical (unpaired) electrons. The Kier molecular flexibility index (Phi) is 6.60. The summed E-state index contributed by atoms with van der Waals surface area (Å²) < 4.78 is 6.53. The van der Waals surface area contributed by atoms with Gasteiger partial charge in [0.15, 0.2) is 5.78 Å². The Bertz CT molecular complexity index is 820. The molecule has 0 spiro atoms. The highest BCUT2D eigenvalue weighted by Crippen LogP contribution is 2.17. The van der Waals surface area contributed by atoms with Gasteiger partial charge in [-0.25, -0.2) is 4.79 Å². The molecule has 1 N–H and O–H groups in total. The van der Waals surface area contributed by atoms with Crippen LogP contribution < -0.4 is 0 Å². The molecule has 2 rings (SSSR count). The fourth-order valence-corrected chi connectivity index (χ4v) is 2.34. The summed E-state index contributed by atoms with van der Waals surface area (Å²) in [5.74, 6) is -2.16. The van der Waals surface area contributed by atoms with Gasteiger partial charge in [-0.05, 0) is 42.8 Å². The average molecular weight is 360 g/mol. The number of hydrogen-bond acceptors (Lipinski definition) is 4. The second-order valence-corrected chi connectivity index (χ2v) is 5.55. The predicted octanol–water partition coefficient (Wildman–Crippen LogP) is 3.78. The van der Waals surface area contributed by atoms with Crippen LogP contribution in [0.1, 0.15) is 18.2 Å². The Morgan fingerprint density at radius 3 is 2.72 bits per heavy atom. The quantitative estimate of drug-likeness (QED) is 0.464. The number of hydrogen-bond donors (Lipinski definition) is 1. The first-order chi connectivity index (χ1) is 12.0. The van der Waals surface area contributed by atoms with E-state index in [-0.39, 0.29) is 6.61 Å². The van der Waals surface area contributed by atoms with E-state index in [4.69, 9.17) is 11.6 Å². The molecule has 0 saturated carbocycles. The molecule has 0 fully saturated rings. The smallest absolute Gasteiger partial charge is 0.373 e. The number of aliphatic hydroxyl groups excluding tert-OH is 1. The van der Waals surface area contributed by atoms with Crippen molar-refractivity contribution in [3.05, 3.63) is 76.8 Å². The highest BCUT2D eigenvalue weighted by Gasteiger charge is 2.09. The SMILES string of the molecule is CCOC(=O)/C(O)=C/C(=O)/C=C/c1cccn1Cc1ccccc1Cl. The van der Waals surface area contributed by atoms with Crippen molar-refractivity contribution in [3.8, 4) is 0 Å². The zero-order chi connectivity index (χ0) is 18.2. The fourth-order valence-electron chi connectivity index (χ4n) is 2.15. The van der Waals surface area contributed by atoms with Crippen LogP contribution in [-0.2, 0) is 20.9 Å². The van der Waals surface area contributed by atoms with Crippen LogP contribution in [0.15, 0.2) is 60.5 Å². The summed E-state index contributed by atoms with van der Waals surface area (Å²) in [6, 6.07) is 11.2. The number of aliphatic hydroxyl groups is 1. The van der Waals surface area contributed by atoms with Crippen LogP contribution >= 0.6 is 11.6 Å². The van der Waals surface area contributed by atoms with Crippen molar-refractivity contribution >= 4 is 29.4 Å². The molecule has 130 valence electrons. The van der Waals surface area contributed by atoms with Gasteiger partial charge >= 0.3 is 5.97 Å². The molecule has 1 aromatic heterocycles. The number of ketones is 1. The van der Waals surface area contributed by atoms with Crippen LogP contribution in [0.2, 0.25) is 5.02 Å². The summed E-state index contributed by atoms with van der Waals surface area (Å²) in [5.41, 5.74) is 1.75. The summed E-state index contributed by atoms with van der Waals surface area (Å²) >= 11 is 6.17. The minimum atomic E-state index is -0.925. The number of carbonyl (C=O) groups is 2. The Morgan fingerprint density at radius 1 is 1.24 bits per heavy atom. The second-order valence-electron chi connectivity index (χ2n) is 5.14. The van der Waals surface area contributed by atoms with Crippen LogP contribution in [0.25, 0.3) is 6.08 Å². The molecule has 0 atom stereocenters. The zero-order valence-electron chi connectivity index (χ0n) is 13.7. The van der Waals surface area contributed by atoms with Gasteiger partial charge in [-0.1, -0.05) is 29.8 Å². The van der Waals surface area contributed by atoms with Gasteiger partial charge in [-0.3, -0.25) is 4.79 Å². The maximum atomic E-state index is 11.8. The van der Waals surface area contributed by atoms with E-state index < -0.39 is 17.5 Å². The molecule has 0 aliphatic rings. The molecule has 0 aliphatic heterocycles. The van der Waals surface area contributed by atoms with E-state index in [0.717, 1.165) is 17.3 Å². The maximum absolute atomic E-state index is 11.8. The Morgan fingerprint density at radius 2 is 2.00 bits per heavy atom. The van der Waals surface area contributed by atoms with E-state index in [0.29, 0.717) is 11.6 Å². The molecule has 2 aromatic rings. The van der Waals surface area contributed by atoms with Crippen molar-refractivity contribution in [3.63, 3.8) is 0 Å². The maximum Gasteiger partial charge on any atom is 0.373 e. The van der Waals surface area contributed by atoms with Crippen LogP contribution in [0, 0.1) is 0 Å². The average Bonchev–Trinajstić information content (AvgIpc) is 3.02. The van der Waals surface area contributed by atoms with E-state index in [1.807, 2.05) is 47.2 Å². The summed E-state index contributed by atoms with van der Waals surface area (Å²) in [6.45, 7) is 2.29. The summed E-state index contributed by atoms with van der Waals surface area (Å²) in [6.07, 6.45) is 5.58. The van der Waals surface area contributed by atoms with Crippen molar-refractivity contribution in [2.75, 3.05) is 6.61 Å². The zero-order valence-corrected chi connectivity index (χ0v) is 14.4. The third-order valence-electron chi connectivity index (χ3n) is 3.35. The van der Waals surface area contributed by atoms with Crippen LogP contribution in [-0.4, -0.2) is 28.0 Å². The highest BCUT2D eigenvalue weighted by atomic mass is 35.5. The Labute approximate surface area is 150 Å². The lowest BCUT2D eigenvalue weighted by Gasteiger charge is -2.08. The first-order valence-corrected chi connectivity index (χ1v) is 8.07. The second kappa shape index (κ2) is 8.89. The number of halogens is 1. The van der Waals surface area contributed by atoms with E-state index in [9.17, 15) is 14.7 Å². The molecule has 0 bridgehead atoms. The number of allylic oxidation sites excluding steroid dienone is 2. The van der Waals surface area contributed by atoms with Crippen molar-refractivity contribution in [1.29, 1.82) is 0 Å². The number of rotatable bonds is 7. The lowest BCUT2D eigenvalue weighted by atomic mass is 10.2. The molecule has 6 heteroatoms. The van der Waals surface area contributed by atoms with Crippen molar-refractivity contribution < 1.29 is 19.4 Å². The molecule has 0 aliphatic carbocycles. The van der Waals surface area contributed by atoms with Crippen molar-refractivity contribution in [2.24, 2.45) is 0 Å². The van der Waals surface area contributed by atoms with Crippen LogP contribution in [0.5, 0.6) is 0 Å². The minimum absolute atomic E-state index is 0.121. The van der Waals surface area contributed by atoms with Gasteiger partial charge in [-0.2, -0.15) is 0 Å². The van der Waals surface area contributed by atoms with E-state index in [1.165, 1.54) is 6.08 Å². The largest absolute Gasteiger partial charge is 0.502 e. The number of esters is 1. The normalized spacial score (nSPS) is 11.7. The molecular formula is C19H18ClNO4. The monoisotopic (exact) mass is 359 g/mol. The third kappa shape index (κ3) is 5.36. The molecule has 1 aromatic carbocycles. The summed E-state index contributed by atoms with van der Waals surface area (Å²) in [4.78, 5) is 23.1. The first kappa shape index (κ1) is 18.5. The predicted molar refractivity (Wildman–Crippen MR) is 96.4 cm³/mol. The molecular weight excluding hydrogens is 342 g/mol. The van der Waals surface area contributed by atoms with Gasteiger partial charge in [0.2, 0.25) is 5.76 Å².